The Morgan fingerprint density at radius 3 is 2.61 bits per heavy atom. The highest BCUT2D eigenvalue weighted by molar-refractivity contribution is 5.83. The van der Waals surface area contributed by atoms with Gasteiger partial charge in [-0.25, -0.2) is 0 Å². The minimum absolute atomic E-state index is 0.0234. The van der Waals surface area contributed by atoms with Crippen molar-refractivity contribution in [1.82, 2.24) is 10.6 Å². The van der Waals surface area contributed by atoms with E-state index in [0.29, 0.717) is 26.0 Å². The van der Waals surface area contributed by atoms with Crippen LogP contribution in [0.3, 0.4) is 0 Å². The van der Waals surface area contributed by atoms with Gasteiger partial charge in [-0.3, -0.25) is 9.59 Å². The SMILES string of the molecule is COCC1(C(=O)NCCCC(N)=O)CCNCC1. The Balaban J connectivity index is 2.42. The van der Waals surface area contributed by atoms with Crippen molar-refractivity contribution in [2.75, 3.05) is 33.4 Å². The number of hydrogen-bond donors (Lipinski definition) is 3. The van der Waals surface area contributed by atoms with Crippen LogP contribution in [0.2, 0.25) is 0 Å². The summed E-state index contributed by atoms with van der Waals surface area (Å²) in [5.74, 6) is -0.312. The van der Waals surface area contributed by atoms with E-state index >= 15 is 0 Å². The van der Waals surface area contributed by atoms with E-state index in [2.05, 4.69) is 10.6 Å². The first-order valence-corrected chi connectivity index (χ1v) is 6.37. The lowest BCUT2D eigenvalue weighted by atomic mass is 9.78. The second-order valence-electron chi connectivity index (χ2n) is 4.79. The molecule has 0 aromatic carbocycles. The van der Waals surface area contributed by atoms with Crippen LogP contribution in [0, 0.1) is 5.41 Å². The molecule has 0 spiro atoms. The van der Waals surface area contributed by atoms with Crippen molar-refractivity contribution in [3.05, 3.63) is 0 Å². The highest BCUT2D eigenvalue weighted by Gasteiger charge is 2.39. The van der Waals surface area contributed by atoms with E-state index in [1.807, 2.05) is 0 Å². The zero-order valence-electron chi connectivity index (χ0n) is 11.0. The highest BCUT2D eigenvalue weighted by Crippen LogP contribution is 2.29. The molecule has 0 aromatic heterocycles. The van der Waals surface area contributed by atoms with Gasteiger partial charge >= 0.3 is 0 Å². The van der Waals surface area contributed by atoms with Gasteiger partial charge in [0.2, 0.25) is 11.8 Å². The third kappa shape index (κ3) is 4.27. The third-order valence-electron chi connectivity index (χ3n) is 3.35. The second-order valence-corrected chi connectivity index (χ2v) is 4.79. The normalized spacial score (nSPS) is 18.3. The molecule has 1 aliphatic rings. The summed E-state index contributed by atoms with van der Waals surface area (Å²) in [7, 11) is 1.62. The Kier molecular flexibility index (Phi) is 6.07. The van der Waals surface area contributed by atoms with E-state index in [-0.39, 0.29) is 11.8 Å². The van der Waals surface area contributed by atoms with E-state index in [0.717, 1.165) is 25.9 Å². The molecule has 4 N–H and O–H groups in total. The number of piperidine rings is 1. The van der Waals surface area contributed by atoms with Crippen molar-refractivity contribution in [3.63, 3.8) is 0 Å². The number of methoxy groups -OCH3 is 1. The summed E-state index contributed by atoms with van der Waals surface area (Å²) in [6, 6.07) is 0. The van der Waals surface area contributed by atoms with Crippen molar-refractivity contribution in [2.45, 2.75) is 25.7 Å². The Bertz CT molecular complexity index is 283. The molecule has 0 radical (unpaired) electrons. The monoisotopic (exact) mass is 257 g/mol. The van der Waals surface area contributed by atoms with E-state index in [1.54, 1.807) is 7.11 Å². The van der Waals surface area contributed by atoms with Crippen molar-refractivity contribution < 1.29 is 14.3 Å². The van der Waals surface area contributed by atoms with Gasteiger partial charge in [0, 0.05) is 20.1 Å². The average Bonchev–Trinajstić information content (AvgIpc) is 2.35. The largest absolute Gasteiger partial charge is 0.384 e. The molecule has 0 atom stereocenters. The molecule has 1 rings (SSSR count). The molecular formula is C12H23N3O3. The molecular weight excluding hydrogens is 234 g/mol. The summed E-state index contributed by atoms with van der Waals surface area (Å²) in [5.41, 5.74) is 4.62. The molecule has 0 unspecified atom stereocenters. The van der Waals surface area contributed by atoms with Crippen LogP contribution in [0.15, 0.2) is 0 Å². The van der Waals surface area contributed by atoms with Crippen LogP contribution in [0.25, 0.3) is 0 Å². The van der Waals surface area contributed by atoms with E-state index < -0.39 is 5.41 Å². The fourth-order valence-electron chi connectivity index (χ4n) is 2.27. The Morgan fingerprint density at radius 2 is 2.06 bits per heavy atom. The van der Waals surface area contributed by atoms with Crippen LogP contribution in [-0.2, 0) is 14.3 Å². The Morgan fingerprint density at radius 1 is 1.39 bits per heavy atom. The molecule has 0 bridgehead atoms. The molecule has 2 amide bonds. The van der Waals surface area contributed by atoms with Crippen molar-refractivity contribution in [1.29, 1.82) is 0 Å². The van der Waals surface area contributed by atoms with Crippen LogP contribution >= 0.6 is 0 Å². The van der Waals surface area contributed by atoms with Gasteiger partial charge in [0.05, 0.1) is 12.0 Å². The Hall–Kier alpha value is -1.14. The van der Waals surface area contributed by atoms with Crippen LogP contribution < -0.4 is 16.4 Å². The lowest BCUT2D eigenvalue weighted by Crippen LogP contribution is -2.50. The molecule has 18 heavy (non-hydrogen) atoms. The number of nitrogens with two attached hydrogens (primary N) is 1. The molecule has 1 aliphatic heterocycles. The molecule has 6 heteroatoms. The number of ether oxygens (including phenoxy) is 1. The molecule has 6 nitrogen and oxygen atoms in total. The standard InChI is InChI=1S/C12H23N3O3/c1-18-9-12(4-7-14-8-5-12)11(17)15-6-2-3-10(13)16/h14H,2-9H2,1H3,(H2,13,16)(H,15,17). The van der Waals surface area contributed by atoms with E-state index in [4.69, 9.17) is 10.5 Å². The predicted octanol–water partition coefficient (Wildman–Crippen LogP) is -0.616. The van der Waals surface area contributed by atoms with Crippen LogP contribution in [0.5, 0.6) is 0 Å². The van der Waals surface area contributed by atoms with E-state index in [1.165, 1.54) is 0 Å². The first kappa shape index (κ1) is 14.9. The molecule has 1 saturated heterocycles. The molecule has 104 valence electrons. The topological polar surface area (TPSA) is 93.4 Å². The fraction of sp³-hybridized carbons (Fsp3) is 0.833. The maximum Gasteiger partial charge on any atom is 0.228 e. The van der Waals surface area contributed by atoms with E-state index in [9.17, 15) is 9.59 Å². The average molecular weight is 257 g/mol. The summed E-state index contributed by atoms with van der Waals surface area (Å²) in [5, 5.41) is 6.12. The number of nitrogens with one attached hydrogen (secondary N) is 2. The molecule has 1 heterocycles. The fourth-order valence-corrected chi connectivity index (χ4v) is 2.27. The maximum absolute atomic E-state index is 12.2. The molecule has 0 aliphatic carbocycles. The van der Waals surface area contributed by atoms with Gasteiger partial charge in [0.1, 0.15) is 0 Å². The summed E-state index contributed by atoms with van der Waals surface area (Å²) in [6.07, 6.45) is 2.45. The first-order valence-electron chi connectivity index (χ1n) is 6.37. The number of carbonyl (C=O) groups is 2. The molecule has 0 aromatic rings. The molecule has 0 saturated carbocycles. The number of hydrogen-bond acceptors (Lipinski definition) is 4. The quantitative estimate of drug-likeness (QED) is 0.530. The zero-order chi connectivity index (χ0) is 13.4. The first-order chi connectivity index (χ1) is 8.60. The van der Waals surface area contributed by atoms with Crippen LogP contribution in [0.1, 0.15) is 25.7 Å². The Labute approximate surface area is 108 Å². The number of amides is 2. The summed E-state index contributed by atoms with van der Waals surface area (Å²) >= 11 is 0. The summed E-state index contributed by atoms with van der Waals surface area (Å²) in [4.78, 5) is 22.8. The van der Waals surface area contributed by atoms with Gasteiger partial charge in [0.25, 0.3) is 0 Å². The molecule has 1 fully saturated rings. The summed E-state index contributed by atoms with van der Waals surface area (Å²) < 4.78 is 5.19. The van der Waals surface area contributed by atoms with Crippen LogP contribution in [0.4, 0.5) is 0 Å². The van der Waals surface area contributed by atoms with Gasteiger partial charge in [-0.2, -0.15) is 0 Å². The maximum atomic E-state index is 12.2. The minimum atomic E-state index is -0.424. The second kappa shape index (κ2) is 7.33. The predicted molar refractivity (Wildman–Crippen MR) is 67.9 cm³/mol. The summed E-state index contributed by atoms with van der Waals surface area (Å²) in [6.45, 7) is 2.59. The van der Waals surface area contributed by atoms with Crippen molar-refractivity contribution in [2.24, 2.45) is 11.1 Å². The van der Waals surface area contributed by atoms with Gasteiger partial charge in [-0.15, -0.1) is 0 Å². The number of rotatable bonds is 7. The highest BCUT2D eigenvalue weighted by atomic mass is 16.5. The number of carbonyl (C=O) groups excluding carboxylic acids is 2. The number of primary amides is 1. The van der Waals surface area contributed by atoms with Gasteiger partial charge in [0.15, 0.2) is 0 Å². The van der Waals surface area contributed by atoms with Gasteiger partial charge < -0.3 is 21.1 Å². The lowest BCUT2D eigenvalue weighted by molar-refractivity contribution is -0.136. The van der Waals surface area contributed by atoms with Crippen molar-refractivity contribution in [3.8, 4) is 0 Å². The van der Waals surface area contributed by atoms with Crippen LogP contribution in [-0.4, -0.2) is 45.2 Å². The van der Waals surface area contributed by atoms with Gasteiger partial charge in [-0.1, -0.05) is 0 Å². The van der Waals surface area contributed by atoms with Gasteiger partial charge in [-0.05, 0) is 32.4 Å². The third-order valence-corrected chi connectivity index (χ3v) is 3.35. The lowest BCUT2D eigenvalue weighted by Gasteiger charge is -2.35. The smallest absolute Gasteiger partial charge is 0.228 e. The minimum Gasteiger partial charge on any atom is -0.384 e. The zero-order valence-corrected chi connectivity index (χ0v) is 11.0. The van der Waals surface area contributed by atoms with Crippen molar-refractivity contribution >= 4 is 11.8 Å².